The fraction of sp³-hybridized carbons (Fsp3) is 1.00. The van der Waals surface area contributed by atoms with Crippen molar-refractivity contribution in [2.45, 2.75) is 57.6 Å². The summed E-state index contributed by atoms with van der Waals surface area (Å²) >= 11 is 0. The van der Waals surface area contributed by atoms with Crippen molar-refractivity contribution < 1.29 is 5.11 Å². The Hall–Kier alpha value is -0.0800. The number of nitrogens with two attached hydrogens (primary N) is 1. The van der Waals surface area contributed by atoms with E-state index in [1.54, 1.807) is 0 Å². The topological polar surface area (TPSA) is 46.2 Å². The molecule has 3 atom stereocenters. The van der Waals surface area contributed by atoms with Crippen LogP contribution in [0.4, 0.5) is 0 Å². The molecular formula is C10H21NO. The largest absolute Gasteiger partial charge is 0.388 e. The molecule has 0 bridgehead atoms. The number of hydrogen-bond donors (Lipinski definition) is 2. The number of hydrogen-bond acceptors (Lipinski definition) is 2. The Morgan fingerprint density at radius 1 is 1.58 bits per heavy atom. The van der Waals surface area contributed by atoms with Crippen molar-refractivity contribution in [3.8, 4) is 0 Å². The molecule has 0 amide bonds. The molecule has 2 heteroatoms. The SMILES string of the molecule is CCCC1(O)CCC(C)CC1N. The molecular weight excluding hydrogens is 150 g/mol. The van der Waals surface area contributed by atoms with Gasteiger partial charge in [0.05, 0.1) is 5.60 Å². The number of aliphatic hydroxyl groups is 1. The lowest BCUT2D eigenvalue weighted by atomic mass is 9.74. The molecule has 3 N–H and O–H groups in total. The lowest BCUT2D eigenvalue weighted by Gasteiger charge is -2.40. The van der Waals surface area contributed by atoms with E-state index in [-0.39, 0.29) is 6.04 Å². The van der Waals surface area contributed by atoms with E-state index < -0.39 is 5.60 Å². The predicted octanol–water partition coefficient (Wildman–Crippen LogP) is 1.66. The third-order valence-corrected chi connectivity index (χ3v) is 3.10. The zero-order valence-electron chi connectivity index (χ0n) is 8.21. The summed E-state index contributed by atoms with van der Waals surface area (Å²) in [6, 6.07) is 0.00111. The van der Waals surface area contributed by atoms with Crippen LogP contribution in [0.5, 0.6) is 0 Å². The van der Waals surface area contributed by atoms with Gasteiger partial charge in [-0.05, 0) is 31.6 Å². The molecule has 0 aromatic carbocycles. The summed E-state index contributed by atoms with van der Waals surface area (Å²) in [6.45, 7) is 4.31. The van der Waals surface area contributed by atoms with Crippen LogP contribution in [0.15, 0.2) is 0 Å². The molecule has 0 aliphatic heterocycles. The summed E-state index contributed by atoms with van der Waals surface area (Å²) in [6.07, 6.45) is 4.89. The van der Waals surface area contributed by atoms with Crippen LogP contribution in [-0.2, 0) is 0 Å². The van der Waals surface area contributed by atoms with Crippen LogP contribution in [-0.4, -0.2) is 16.7 Å². The van der Waals surface area contributed by atoms with Gasteiger partial charge in [0.15, 0.2) is 0 Å². The third kappa shape index (κ3) is 1.99. The Morgan fingerprint density at radius 3 is 2.75 bits per heavy atom. The van der Waals surface area contributed by atoms with Gasteiger partial charge in [0.1, 0.15) is 0 Å². The van der Waals surface area contributed by atoms with Crippen molar-refractivity contribution in [2.24, 2.45) is 11.7 Å². The zero-order valence-corrected chi connectivity index (χ0v) is 8.21. The summed E-state index contributed by atoms with van der Waals surface area (Å²) in [4.78, 5) is 0. The first kappa shape index (κ1) is 10.0. The van der Waals surface area contributed by atoms with E-state index in [4.69, 9.17) is 5.73 Å². The summed E-state index contributed by atoms with van der Waals surface area (Å²) in [5, 5.41) is 10.1. The molecule has 1 saturated carbocycles. The lowest BCUT2D eigenvalue weighted by Crippen LogP contribution is -2.51. The molecule has 12 heavy (non-hydrogen) atoms. The van der Waals surface area contributed by atoms with Crippen LogP contribution in [0.3, 0.4) is 0 Å². The Labute approximate surface area is 75.2 Å². The second kappa shape index (κ2) is 3.75. The Kier molecular flexibility index (Phi) is 3.13. The van der Waals surface area contributed by atoms with E-state index >= 15 is 0 Å². The Balaban J connectivity index is 2.53. The molecule has 0 heterocycles. The maximum atomic E-state index is 10.1. The molecule has 1 fully saturated rings. The van der Waals surface area contributed by atoms with Gasteiger partial charge in [0.25, 0.3) is 0 Å². The average molecular weight is 171 g/mol. The number of rotatable bonds is 2. The monoisotopic (exact) mass is 171 g/mol. The summed E-state index contributed by atoms with van der Waals surface area (Å²) < 4.78 is 0. The standard InChI is InChI=1S/C10H21NO/c1-3-5-10(12)6-4-8(2)7-9(10)11/h8-9,12H,3-7,11H2,1-2H3. The van der Waals surface area contributed by atoms with Crippen molar-refractivity contribution in [3.63, 3.8) is 0 Å². The van der Waals surface area contributed by atoms with Crippen molar-refractivity contribution in [1.29, 1.82) is 0 Å². The van der Waals surface area contributed by atoms with Crippen molar-refractivity contribution >= 4 is 0 Å². The molecule has 0 radical (unpaired) electrons. The van der Waals surface area contributed by atoms with Gasteiger partial charge in [0.2, 0.25) is 0 Å². The van der Waals surface area contributed by atoms with Gasteiger partial charge in [-0.2, -0.15) is 0 Å². The highest BCUT2D eigenvalue weighted by molar-refractivity contribution is 4.94. The molecule has 72 valence electrons. The molecule has 0 saturated heterocycles. The van der Waals surface area contributed by atoms with Gasteiger partial charge >= 0.3 is 0 Å². The highest BCUT2D eigenvalue weighted by Gasteiger charge is 2.37. The maximum Gasteiger partial charge on any atom is 0.0798 e. The van der Waals surface area contributed by atoms with E-state index in [2.05, 4.69) is 13.8 Å². The quantitative estimate of drug-likeness (QED) is 0.664. The van der Waals surface area contributed by atoms with Crippen LogP contribution < -0.4 is 5.73 Å². The molecule has 0 spiro atoms. The van der Waals surface area contributed by atoms with Crippen LogP contribution in [0.1, 0.15) is 46.0 Å². The van der Waals surface area contributed by atoms with E-state index in [1.165, 1.54) is 0 Å². The van der Waals surface area contributed by atoms with Gasteiger partial charge in [-0.25, -0.2) is 0 Å². The van der Waals surface area contributed by atoms with E-state index in [1.807, 2.05) is 0 Å². The first-order valence-corrected chi connectivity index (χ1v) is 5.06. The summed E-state index contributed by atoms with van der Waals surface area (Å²) in [5.41, 5.74) is 5.39. The van der Waals surface area contributed by atoms with Crippen LogP contribution in [0.25, 0.3) is 0 Å². The molecule has 0 aromatic heterocycles. The van der Waals surface area contributed by atoms with Crippen LogP contribution in [0, 0.1) is 5.92 Å². The Bertz CT molecular complexity index is 149. The molecule has 1 aliphatic rings. The fourth-order valence-electron chi connectivity index (χ4n) is 2.20. The van der Waals surface area contributed by atoms with E-state index in [0.29, 0.717) is 5.92 Å². The first-order chi connectivity index (χ1) is 5.58. The van der Waals surface area contributed by atoms with E-state index in [9.17, 15) is 5.11 Å². The maximum absolute atomic E-state index is 10.1. The van der Waals surface area contributed by atoms with Gasteiger partial charge in [-0.15, -0.1) is 0 Å². The minimum absolute atomic E-state index is 0.00111. The molecule has 1 rings (SSSR count). The smallest absolute Gasteiger partial charge is 0.0798 e. The molecule has 1 aliphatic carbocycles. The van der Waals surface area contributed by atoms with Crippen LogP contribution >= 0.6 is 0 Å². The zero-order chi connectivity index (χ0) is 9.19. The van der Waals surface area contributed by atoms with E-state index in [0.717, 1.165) is 32.1 Å². The fourth-order valence-corrected chi connectivity index (χ4v) is 2.20. The molecule has 2 nitrogen and oxygen atoms in total. The van der Waals surface area contributed by atoms with Gasteiger partial charge < -0.3 is 10.8 Å². The highest BCUT2D eigenvalue weighted by atomic mass is 16.3. The van der Waals surface area contributed by atoms with Crippen LogP contribution in [0.2, 0.25) is 0 Å². The first-order valence-electron chi connectivity index (χ1n) is 5.06. The van der Waals surface area contributed by atoms with Crippen molar-refractivity contribution in [2.75, 3.05) is 0 Å². The second-order valence-corrected chi connectivity index (χ2v) is 4.34. The minimum Gasteiger partial charge on any atom is -0.388 e. The normalized spacial score (nSPS) is 43.0. The minimum atomic E-state index is -0.554. The van der Waals surface area contributed by atoms with Crippen molar-refractivity contribution in [1.82, 2.24) is 0 Å². The van der Waals surface area contributed by atoms with Crippen molar-refractivity contribution in [3.05, 3.63) is 0 Å². The second-order valence-electron chi connectivity index (χ2n) is 4.34. The average Bonchev–Trinajstić information content (AvgIpc) is 1.99. The van der Waals surface area contributed by atoms with Gasteiger partial charge in [0, 0.05) is 6.04 Å². The van der Waals surface area contributed by atoms with Gasteiger partial charge in [-0.3, -0.25) is 0 Å². The molecule has 3 unspecified atom stereocenters. The van der Waals surface area contributed by atoms with Gasteiger partial charge in [-0.1, -0.05) is 20.3 Å². The lowest BCUT2D eigenvalue weighted by molar-refractivity contribution is -0.0328. The Morgan fingerprint density at radius 2 is 2.25 bits per heavy atom. The molecule has 0 aromatic rings. The third-order valence-electron chi connectivity index (χ3n) is 3.10. The predicted molar refractivity (Wildman–Crippen MR) is 50.8 cm³/mol. The highest BCUT2D eigenvalue weighted by Crippen LogP contribution is 2.33. The summed E-state index contributed by atoms with van der Waals surface area (Å²) in [5.74, 6) is 0.692. The summed E-state index contributed by atoms with van der Waals surface area (Å²) in [7, 11) is 0.